The first-order chi connectivity index (χ1) is 16.7. The van der Waals surface area contributed by atoms with Crippen molar-refractivity contribution in [3.8, 4) is 0 Å². The van der Waals surface area contributed by atoms with Crippen LogP contribution in [0.4, 0.5) is 0 Å². The first-order valence-electron chi connectivity index (χ1n) is 11.8. The maximum Gasteiger partial charge on any atom is 0.264 e. The number of carbonyl (C=O) groups excluding carboxylic acids is 2. The van der Waals surface area contributed by atoms with Crippen molar-refractivity contribution in [1.29, 1.82) is 0 Å². The minimum Gasteiger partial charge on any atom is -0.338 e. The van der Waals surface area contributed by atoms with Gasteiger partial charge in [0.15, 0.2) is 0 Å². The molecular formula is C26H30N4O2S2. The van der Waals surface area contributed by atoms with Crippen LogP contribution < -0.4 is 5.32 Å². The van der Waals surface area contributed by atoms with E-state index < -0.39 is 6.04 Å². The van der Waals surface area contributed by atoms with Gasteiger partial charge in [-0.05, 0) is 34.9 Å². The molecule has 2 saturated heterocycles. The minimum absolute atomic E-state index is 0.0261. The molecule has 0 saturated carbocycles. The molecule has 178 valence electrons. The van der Waals surface area contributed by atoms with Gasteiger partial charge in [-0.2, -0.15) is 0 Å². The van der Waals surface area contributed by atoms with Crippen molar-refractivity contribution in [2.45, 2.75) is 31.6 Å². The van der Waals surface area contributed by atoms with E-state index in [2.05, 4.69) is 52.0 Å². The molecule has 2 unspecified atom stereocenters. The normalized spacial score (nSPS) is 20.7. The van der Waals surface area contributed by atoms with Gasteiger partial charge < -0.3 is 15.1 Å². The van der Waals surface area contributed by atoms with Crippen LogP contribution in [0.3, 0.4) is 0 Å². The monoisotopic (exact) mass is 494 g/mol. The molecule has 2 aliphatic heterocycles. The smallest absolute Gasteiger partial charge is 0.264 e. The number of rotatable bonds is 7. The molecule has 0 radical (unpaired) electrons. The Morgan fingerprint density at radius 3 is 2.41 bits per heavy atom. The van der Waals surface area contributed by atoms with Crippen LogP contribution in [-0.2, 0) is 17.9 Å². The van der Waals surface area contributed by atoms with E-state index in [1.54, 1.807) is 11.3 Å². The molecule has 1 aromatic carbocycles. The summed E-state index contributed by atoms with van der Waals surface area (Å²) >= 11 is 3.20. The van der Waals surface area contributed by atoms with E-state index in [1.807, 2.05) is 33.4 Å². The predicted octanol–water partition coefficient (Wildman–Crippen LogP) is 3.53. The van der Waals surface area contributed by atoms with Crippen LogP contribution in [0.5, 0.6) is 0 Å². The highest BCUT2D eigenvalue weighted by molar-refractivity contribution is 7.12. The van der Waals surface area contributed by atoms with E-state index >= 15 is 0 Å². The summed E-state index contributed by atoms with van der Waals surface area (Å²) in [5.41, 5.74) is 1.24. The SMILES string of the molecule is O=C(C1CC(N(Cc2ccccc2)Cc2cccs2)CN1C(=O)c1cccs1)N1CCNCC1. The Balaban J connectivity index is 1.41. The van der Waals surface area contributed by atoms with E-state index in [4.69, 9.17) is 0 Å². The lowest BCUT2D eigenvalue weighted by molar-refractivity contribution is -0.135. The molecule has 2 atom stereocenters. The van der Waals surface area contributed by atoms with Crippen molar-refractivity contribution in [3.05, 3.63) is 80.7 Å². The van der Waals surface area contributed by atoms with Gasteiger partial charge >= 0.3 is 0 Å². The topological polar surface area (TPSA) is 55.9 Å². The zero-order chi connectivity index (χ0) is 23.3. The lowest BCUT2D eigenvalue weighted by Crippen LogP contribution is -2.53. The second-order valence-electron chi connectivity index (χ2n) is 8.89. The summed E-state index contributed by atoms with van der Waals surface area (Å²) in [6.45, 7) is 5.18. The zero-order valence-corrected chi connectivity index (χ0v) is 20.8. The summed E-state index contributed by atoms with van der Waals surface area (Å²) in [7, 11) is 0. The van der Waals surface area contributed by atoms with Gasteiger partial charge in [-0.3, -0.25) is 14.5 Å². The van der Waals surface area contributed by atoms with Crippen molar-refractivity contribution >= 4 is 34.5 Å². The van der Waals surface area contributed by atoms with Gasteiger partial charge in [-0.1, -0.05) is 42.5 Å². The van der Waals surface area contributed by atoms with E-state index in [-0.39, 0.29) is 17.9 Å². The molecule has 0 aliphatic carbocycles. The molecule has 2 aliphatic rings. The fourth-order valence-corrected chi connectivity index (χ4v) is 6.32. The number of carbonyl (C=O) groups is 2. The summed E-state index contributed by atoms with van der Waals surface area (Å²) in [5.74, 6) is 0.0615. The van der Waals surface area contributed by atoms with Crippen molar-refractivity contribution in [2.24, 2.45) is 0 Å². The van der Waals surface area contributed by atoms with Crippen molar-refractivity contribution in [3.63, 3.8) is 0 Å². The zero-order valence-electron chi connectivity index (χ0n) is 19.1. The Morgan fingerprint density at radius 1 is 0.941 bits per heavy atom. The Labute approximate surface area is 208 Å². The lowest BCUT2D eigenvalue weighted by atomic mass is 10.1. The van der Waals surface area contributed by atoms with Crippen LogP contribution in [-0.4, -0.2) is 71.3 Å². The molecule has 0 spiro atoms. The third kappa shape index (κ3) is 5.25. The second kappa shape index (κ2) is 10.8. The lowest BCUT2D eigenvalue weighted by Gasteiger charge is -2.32. The third-order valence-electron chi connectivity index (χ3n) is 6.67. The van der Waals surface area contributed by atoms with Crippen molar-refractivity contribution < 1.29 is 9.59 Å². The van der Waals surface area contributed by atoms with Gasteiger partial charge in [0, 0.05) is 56.7 Å². The van der Waals surface area contributed by atoms with Crippen molar-refractivity contribution in [2.75, 3.05) is 32.7 Å². The molecule has 8 heteroatoms. The highest BCUT2D eigenvalue weighted by Gasteiger charge is 2.43. The number of piperazine rings is 1. The largest absolute Gasteiger partial charge is 0.338 e. The van der Waals surface area contributed by atoms with Crippen LogP contribution in [0.2, 0.25) is 0 Å². The van der Waals surface area contributed by atoms with Gasteiger partial charge in [-0.25, -0.2) is 0 Å². The van der Waals surface area contributed by atoms with E-state index in [0.29, 0.717) is 30.9 Å². The summed E-state index contributed by atoms with van der Waals surface area (Å²) < 4.78 is 0. The average Bonchev–Trinajstić information content (AvgIpc) is 3.66. The van der Waals surface area contributed by atoms with Crippen LogP contribution in [0.1, 0.15) is 26.5 Å². The van der Waals surface area contributed by atoms with Gasteiger partial charge in [0.05, 0.1) is 4.88 Å². The van der Waals surface area contributed by atoms with E-state index in [1.165, 1.54) is 21.8 Å². The Hall–Kier alpha value is -2.52. The number of nitrogens with zero attached hydrogens (tertiary/aromatic N) is 3. The Morgan fingerprint density at radius 2 is 1.71 bits per heavy atom. The first kappa shape index (κ1) is 23.2. The van der Waals surface area contributed by atoms with E-state index in [9.17, 15) is 9.59 Å². The maximum absolute atomic E-state index is 13.6. The fourth-order valence-electron chi connectivity index (χ4n) is 4.91. The summed E-state index contributed by atoms with van der Waals surface area (Å²) in [6, 6.07) is 18.2. The Bertz CT molecular complexity index is 1070. The van der Waals surface area contributed by atoms with Gasteiger partial charge in [0.25, 0.3) is 5.91 Å². The van der Waals surface area contributed by atoms with Crippen molar-refractivity contribution in [1.82, 2.24) is 20.0 Å². The van der Waals surface area contributed by atoms with Crippen LogP contribution in [0, 0.1) is 0 Å². The first-order valence-corrected chi connectivity index (χ1v) is 13.6. The second-order valence-corrected chi connectivity index (χ2v) is 10.9. The molecule has 5 rings (SSSR count). The van der Waals surface area contributed by atoms with Gasteiger partial charge in [0.2, 0.25) is 5.91 Å². The molecule has 6 nitrogen and oxygen atoms in total. The standard InChI is InChI=1S/C26H30N4O2S2/c31-25(28-12-10-27-11-13-28)23-16-21(18-30(23)26(32)24-9-5-15-34-24)29(19-22-8-4-14-33-22)17-20-6-2-1-3-7-20/h1-9,14-15,21,23,27H,10-13,16-19H2. The minimum atomic E-state index is -0.417. The number of hydrogen-bond acceptors (Lipinski definition) is 6. The highest BCUT2D eigenvalue weighted by Crippen LogP contribution is 2.30. The highest BCUT2D eigenvalue weighted by atomic mass is 32.1. The predicted molar refractivity (Wildman–Crippen MR) is 137 cm³/mol. The van der Waals surface area contributed by atoms with Crippen LogP contribution in [0.15, 0.2) is 65.4 Å². The Kier molecular flexibility index (Phi) is 7.39. The molecule has 1 N–H and O–H groups in total. The number of benzene rings is 1. The maximum atomic E-state index is 13.6. The number of amides is 2. The average molecular weight is 495 g/mol. The fraction of sp³-hybridized carbons (Fsp3) is 0.385. The molecule has 2 aromatic heterocycles. The molecule has 3 aromatic rings. The molecule has 4 heterocycles. The summed E-state index contributed by atoms with van der Waals surface area (Å²) in [5, 5.41) is 7.34. The van der Waals surface area contributed by atoms with E-state index in [0.717, 1.165) is 26.2 Å². The number of thiophene rings is 2. The summed E-state index contributed by atoms with van der Waals surface area (Å²) in [4.78, 5) is 35.3. The van der Waals surface area contributed by atoms with Gasteiger partial charge in [-0.15, -0.1) is 22.7 Å². The molecule has 34 heavy (non-hydrogen) atoms. The van der Waals surface area contributed by atoms with Crippen LogP contribution in [0.25, 0.3) is 0 Å². The third-order valence-corrected chi connectivity index (χ3v) is 8.39. The number of likely N-dealkylation sites (tertiary alicyclic amines) is 1. The van der Waals surface area contributed by atoms with Crippen LogP contribution >= 0.6 is 22.7 Å². The quantitative estimate of drug-likeness (QED) is 0.546. The molecule has 2 fully saturated rings. The number of hydrogen-bond donors (Lipinski definition) is 1. The number of nitrogens with one attached hydrogen (secondary N) is 1. The summed E-state index contributed by atoms with van der Waals surface area (Å²) in [6.07, 6.45) is 0.665. The molecule has 2 amide bonds. The molecule has 0 bridgehead atoms. The van der Waals surface area contributed by atoms with Gasteiger partial charge in [0.1, 0.15) is 6.04 Å². The molecular weight excluding hydrogens is 464 g/mol.